The molecular weight excluding hydrogens is 324 g/mol. The Kier molecular flexibility index (Phi) is 40.1. The fourth-order valence-electron chi connectivity index (χ4n) is 0.728. The molecule has 0 unspecified atom stereocenters. The van der Waals surface area contributed by atoms with Crippen LogP contribution in [0.2, 0.25) is 0 Å². The monoisotopic (exact) mass is 338 g/mol. The zero-order chi connectivity index (χ0) is 10.6. The molecule has 0 atom stereocenters. The van der Waals surface area contributed by atoms with E-state index in [0.717, 1.165) is 0 Å². The van der Waals surface area contributed by atoms with Crippen LogP contribution in [0.15, 0.2) is 0 Å². The Balaban J connectivity index is -0.0000000508. The van der Waals surface area contributed by atoms with E-state index in [2.05, 4.69) is 22.9 Å². The average Bonchev–Trinajstić information content (AvgIpc) is 2.01. The van der Waals surface area contributed by atoms with Gasteiger partial charge in [0.15, 0.2) is 0 Å². The van der Waals surface area contributed by atoms with Crippen molar-refractivity contribution in [2.45, 2.75) is 0 Å². The second kappa shape index (κ2) is 21.1. The fourth-order valence-corrected chi connectivity index (χ4v) is 0.728. The Morgan fingerprint density at radius 2 is 0.950 bits per heavy atom. The molecule has 0 saturated carbocycles. The third-order valence-corrected chi connectivity index (χ3v) is 1.13. The summed E-state index contributed by atoms with van der Waals surface area (Å²) in [4.78, 5) is 0. The Bertz CT molecular complexity index is 164. The maximum atomic E-state index is 8.74. The van der Waals surface area contributed by atoms with Gasteiger partial charge in [-0.05, 0) is 0 Å². The molecule has 0 amide bonds. The van der Waals surface area contributed by atoms with Gasteiger partial charge in [-0.25, -0.2) is 0 Å². The van der Waals surface area contributed by atoms with Crippen LogP contribution in [0.1, 0.15) is 0 Å². The molecule has 2 aliphatic heterocycles. The second-order valence-electron chi connectivity index (χ2n) is 1.98. The van der Waals surface area contributed by atoms with E-state index in [1.807, 2.05) is 0 Å². The van der Waals surface area contributed by atoms with Crippen molar-refractivity contribution in [1.29, 1.82) is 0 Å². The Morgan fingerprint density at radius 1 is 0.750 bits per heavy atom. The van der Waals surface area contributed by atoms with E-state index in [1.165, 1.54) is 0 Å². The molecule has 0 spiro atoms. The average molecular weight is 337 g/mol. The summed E-state index contributed by atoms with van der Waals surface area (Å²) in [6.45, 7) is 0. The second-order valence-corrected chi connectivity index (χ2v) is 1.98. The van der Waals surface area contributed by atoms with Gasteiger partial charge >= 0.3 is 127 Å². The van der Waals surface area contributed by atoms with Gasteiger partial charge in [-0.3, -0.25) is 0 Å². The molecule has 2 bridgehead atoms. The molecule has 0 aromatic carbocycles. The van der Waals surface area contributed by atoms with Gasteiger partial charge in [-0.15, -0.1) is 0 Å². The SMILES string of the molecule is O.O.O.O.O=BO.OB1OB2OB(O)OB(O1)O2.[KH].[NaH]. The molecule has 2 fully saturated rings. The first-order valence-electron chi connectivity index (χ1n) is 3.37. The van der Waals surface area contributed by atoms with Crippen molar-refractivity contribution >= 4 is 118 Å². The van der Waals surface area contributed by atoms with Gasteiger partial charge in [-0.2, -0.15) is 0 Å². The van der Waals surface area contributed by atoms with Crippen LogP contribution in [0.3, 0.4) is 0 Å². The van der Waals surface area contributed by atoms with Crippen LogP contribution in [-0.4, -0.2) is 155 Å². The minimum atomic E-state index is -1.45. The van der Waals surface area contributed by atoms with Gasteiger partial charge in [0.25, 0.3) is 0 Å². The molecule has 0 radical (unpaired) electrons. The number of fused-ring (bicyclic) bond motifs is 2. The molecule has 2 rings (SSSR count). The maximum absolute atomic E-state index is 8.74. The Morgan fingerprint density at radius 3 is 1.15 bits per heavy atom. The predicted octanol–water partition coefficient (Wildman–Crippen LogP) is -8.63. The summed E-state index contributed by atoms with van der Waals surface area (Å²) < 4.78 is 30.9. The summed E-state index contributed by atoms with van der Waals surface area (Å²) in [6, 6.07) is 0. The first kappa shape index (κ1) is 38.0. The van der Waals surface area contributed by atoms with Crippen molar-refractivity contribution in [2.24, 2.45) is 0 Å². The normalized spacial score (nSPS) is 13.9. The van der Waals surface area contributed by atoms with Crippen LogP contribution in [0.4, 0.5) is 0 Å². The molecule has 11 N–H and O–H groups in total. The zero-order valence-electron chi connectivity index (χ0n) is 8.68. The van der Waals surface area contributed by atoms with Gasteiger partial charge < -0.3 is 54.8 Å². The molecule has 0 aliphatic carbocycles. The van der Waals surface area contributed by atoms with Gasteiger partial charge in [0.05, 0.1) is 0 Å². The molecule has 0 aromatic heterocycles. The van der Waals surface area contributed by atoms with Crippen molar-refractivity contribution in [1.82, 2.24) is 0 Å². The van der Waals surface area contributed by atoms with E-state index in [4.69, 9.17) is 19.8 Å². The summed E-state index contributed by atoms with van der Waals surface area (Å²) in [6.07, 6.45) is 0. The van der Waals surface area contributed by atoms with Crippen LogP contribution in [0.5, 0.6) is 0 Å². The summed E-state index contributed by atoms with van der Waals surface area (Å²) in [5, 5.41) is 24.4. The van der Waals surface area contributed by atoms with Crippen LogP contribution >= 0.6 is 0 Å². The van der Waals surface area contributed by atoms with Crippen molar-refractivity contribution < 1.29 is 64.5 Å². The predicted molar refractivity (Wildman–Crippen MR) is 70.3 cm³/mol. The molecule has 13 nitrogen and oxygen atoms in total. The van der Waals surface area contributed by atoms with Crippen molar-refractivity contribution in [3.05, 3.63) is 0 Å². The Labute approximate surface area is 179 Å². The standard InChI is InChI=1S/B4H2O7.BHO2.K.Na.4H2O.2H/c5-1-7-3-9-2(6)10-4(8-1)11-3;2-1-3;;;;;;;;/h5-6H;2H;;;4*1H2;;. The molecule has 2 aliphatic rings. The van der Waals surface area contributed by atoms with E-state index in [-0.39, 0.29) is 110 Å². The minimum absolute atomic E-state index is 0. The van der Waals surface area contributed by atoms with Crippen LogP contribution in [-0.2, 0) is 27.6 Å². The van der Waals surface area contributed by atoms with E-state index in [1.54, 1.807) is 0 Å². The quantitative estimate of drug-likeness (QED) is 0.354. The van der Waals surface area contributed by atoms with E-state index in [0.29, 0.717) is 0 Å². The van der Waals surface area contributed by atoms with Gasteiger partial charge in [0.2, 0.25) is 0 Å². The topological polar surface area (TPSA) is 250 Å². The third kappa shape index (κ3) is 15.0. The molecule has 108 valence electrons. The first-order chi connectivity index (χ1) is 6.65. The van der Waals surface area contributed by atoms with Crippen molar-refractivity contribution in [3.63, 3.8) is 0 Å². The number of rotatable bonds is 0. The fraction of sp³-hybridized carbons (Fsp3) is 0. The van der Waals surface area contributed by atoms with Gasteiger partial charge in [-0.1, -0.05) is 0 Å². The van der Waals surface area contributed by atoms with E-state index < -0.39 is 29.3 Å². The van der Waals surface area contributed by atoms with E-state index >= 15 is 0 Å². The summed E-state index contributed by atoms with van der Waals surface area (Å²) in [7, 11) is -5.45. The van der Waals surface area contributed by atoms with Crippen LogP contribution < -0.4 is 0 Å². The molecule has 20 heteroatoms. The zero-order valence-corrected chi connectivity index (χ0v) is 8.68. The van der Waals surface area contributed by atoms with Gasteiger partial charge in [0, 0.05) is 0 Å². The van der Waals surface area contributed by atoms with Crippen LogP contribution in [0.25, 0.3) is 0 Å². The molecule has 0 aromatic rings. The van der Waals surface area contributed by atoms with Gasteiger partial charge in [0.1, 0.15) is 0 Å². The number of hydrogen-bond acceptors (Lipinski definition) is 8. The Hall–Kier alpha value is 2.12. The molecule has 20 heavy (non-hydrogen) atoms. The van der Waals surface area contributed by atoms with Crippen LogP contribution in [0, 0.1) is 0 Å². The first-order valence-corrected chi connectivity index (χ1v) is 3.37. The van der Waals surface area contributed by atoms with Crippen molar-refractivity contribution in [3.8, 4) is 0 Å². The third-order valence-electron chi connectivity index (χ3n) is 1.13. The number of hydrogen-bond donors (Lipinski definition) is 3. The van der Waals surface area contributed by atoms with Crippen molar-refractivity contribution in [2.75, 3.05) is 0 Å². The molecule has 2 saturated heterocycles. The summed E-state index contributed by atoms with van der Waals surface area (Å²) >= 11 is 0. The molecular formula is H13B5KNaO13. The van der Waals surface area contributed by atoms with E-state index in [9.17, 15) is 0 Å². The summed E-state index contributed by atoms with van der Waals surface area (Å²) in [5.41, 5.74) is 0. The summed E-state index contributed by atoms with van der Waals surface area (Å²) in [5.74, 6) is 0. The molecule has 2 heterocycles.